The molecule has 0 amide bonds. The van der Waals surface area contributed by atoms with Crippen molar-refractivity contribution in [3.05, 3.63) is 10.6 Å². The maximum atomic E-state index is 4.18. The highest BCUT2D eigenvalue weighted by Gasteiger charge is 2.30. The fraction of sp³-hybridized carbons (Fsp3) is 0.857. The Hall–Kier alpha value is -0.480. The van der Waals surface area contributed by atoms with Gasteiger partial charge < -0.3 is 5.32 Å². The molecule has 3 nitrogen and oxygen atoms in total. The van der Waals surface area contributed by atoms with Crippen LogP contribution in [0.4, 0.5) is 0 Å². The number of nitrogens with zero attached hydrogens (tertiary/aromatic N) is 2. The van der Waals surface area contributed by atoms with Gasteiger partial charge in [-0.3, -0.25) is 0 Å². The second kappa shape index (κ2) is 6.62. The van der Waals surface area contributed by atoms with Crippen molar-refractivity contribution in [3.63, 3.8) is 0 Å². The van der Waals surface area contributed by atoms with Gasteiger partial charge in [0, 0.05) is 6.04 Å². The first-order valence-corrected chi connectivity index (χ1v) is 8.05. The summed E-state index contributed by atoms with van der Waals surface area (Å²) in [6.45, 7) is 7.63. The smallest absolute Gasteiger partial charge is 0.0772 e. The average molecular weight is 267 g/mol. The fourth-order valence-electron chi connectivity index (χ4n) is 3.22. The van der Waals surface area contributed by atoms with Gasteiger partial charge >= 0.3 is 0 Å². The van der Waals surface area contributed by atoms with Crippen LogP contribution in [0.2, 0.25) is 0 Å². The monoisotopic (exact) mass is 267 g/mol. The van der Waals surface area contributed by atoms with Crippen LogP contribution in [0.1, 0.15) is 62.6 Å². The van der Waals surface area contributed by atoms with Crippen LogP contribution in [-0.2, 0) is 0 Å². The van der Waals surface area contributed by atoms with E-state index in [0.717, 1.165) is 24.1 Å². The van der Waals surface area contributed by atoms with E-state index in [1.807, 2.05) is 0 Å². The summed E-state index contributed by atoms with van der Waals surface area (Å²) < 4.78 is 4.11. The molecule has 3 atom stereocenters. The molecule has 0 aliphatic heterocycles. The molecule has 1 aromatic heterocycles. The molecule has 1 N–H and O–H groups in total. The van der Waals surface area contributed by atoms with E-state index < -0.39 is 0 Å². The van der Waals surface area contributed by atoms with Gasteiger partial charge in [-0.1, -0.05) is 37.6 Å². The summed E-state index contributed by atoms with van der Waals surface area (Å²) in [5, 5.41) is 7.85. The Morgan fingerprint density at radius 3 is 2.83 bits per heavy atom. The lowest BCUT2D eigenvalue weighted by molar-refractivity contribution is 0.212. The zero-order valence-electron chi connectivity index (χ0n) is 11.8. The minimum atomic E-state index is 0.476. The van der Waals surface area contributed by atoms with Gasteiger partial charge in [-0.2, -0.15) is 0 Å². The molecule has 1 aliphatic carbocycles. The topological polar surface area (TPSA) is 37.8 Å². The normalized spacial score (nSPS) is 26.2. The number of aromatic nitrogens is 2. The Labute approximate surface area is 115 Å². The highest BCUT2D eigenvalue weighted by atomic mass is 32.1. The first-order chi connectivity index (χ1) is 8.76. The van der Waals surface area contributed by atoms with Crippen LogP contribution in [-0.4, -0.2) is 16.1 Å². The second-order valence-corrected chi connectivity index (χ2v) is 6.24. The number of nitrogens with one attached hydrogen (secondary N) is 1. The lowest BCUT2D eigenvalue weighted by Gasteiger charge is -2.34. The Kier molecular flexibility index (Phi) is 5.13. The largest absolute Gasteiger partial charge is 0.309 e. The van der Waals surface area contributed by atoms with Crippen LogP contribution in [0.15, 0.2) is 0 Å². The Bertz CT molecular complexity index is 364. The minimum absolute atomic E-state index is 0.476. The van der Waals surface area contributed by atoms with Crippen molar-refractivity contribution in [1.29, 1.82) is 0 Å². The molecular formula is C14H25N3S. The average Bonchev–Trinajstić information content (AvgIpc) is 2.82. The van der Waals surface area contributed by atoms with E-state index in [-0.39, 0.29) is 0 Å². The van der Waals surface area contributed by atoms with Crippen molar-refractivity contribution < 1.29 is 0 Å². The van der Waals surface area contributed by atoms with E-state index in [1.165, 1.54) is 37.0 Å². The number of hydrogen-bond donors (Lipinski definition) is 1. The molecule has 1 aliphatic rings. The van der Waals surface area contributed by atoms with Crippen LogP contribution in [0.3, 0.4) is 0 Å². The third kappa shape index (κ3) is 3.09. The van der Waals surface area contributed by atoms with Crippen LogP contribution < -0.4 is 5.32 Å². The molecule has 1 aromatic rings. The Morgan fingerprint density at radius 1 is 1.39 bits per heavy atom. The number of aryl methyl sites for hydroxylation is 1. The lowest BCUT2D eigenvalue weighted by atomic mass is 9.76. The molecule has 0 saturated heterocycles. The van der Waals surface area contributed by atoms with Crippen molar-refractivity contribution in [1.82, 2.24) is 14.9 Å². The molecule has 4 heteroatoms. The molecule has 0 radical (unpaired) electrons. The van der Waals surface area contributed by atoms with Gasteiger partial charge in [0.05, 0.1) is 10.6 Å². The van der Waals surface area contributed by atoms with Gasteiger partial charge in [0.15, 0.2) is 0 Å². The van der Waals surface area contributed by atoms with Gasteiger partial charge in [0.1, 0.15) is 0 Å². The summed E-state index contributed by atoms with van der Waals surface area (Å²) in [5.74, 6) is 1.69. The van der Waals surface area contributed by atoms with E-state index in [4.69, 9.17) is 0 Å². The van der Waals surface area contributed by atoms with Gasteiger partial charge in [0.25, 0.3) is 0 Å². The first-order valence-electron chi connectivity index (χ1n) is 7.28. The van der Waals surface area contributed by atoms with E-state index in [9.17, 15) is 0 Å². The highest BCUT2D eigenvalue weighted by molar-refractivity contribution is 7.05. The third-order valence-corrected chi connectivity index (χ3v) is 5.17. The van der Waals surface area contributed by atoms with Gasteiger partial charge in [0.2, 0.25) is 0 Å². The first kappa shape index (κ1) is 13.9. The quantitative estimate of drug-likeness (QED) is 0.883. The summed E-state index contributed by atoms with van der Waals surface area (Å²) in [4.78, 5) is 1.36. The standard InChI is InChI=1S/C14H25N3S/c1-4-11-7-6-8-12(9-11)13(15-5-2)14-10(3)16-17-18-14/h11-13,15H,4-9H2,1-3H3. The van der Waals surface area contributed by atoms with E-state index in [0.29, 0.717) is 6.04 Å². The molecular weight excluding hydrogens is 242 g/mol. The van der Waals surface area contributed by atoms with Gasteiger partial charge in [-0.05, 0) is 49.7 Å². The zero-order valence-corrected chi connectivity index (χ0v) is 12.6. The van der Waals surface area contributed by atoms with Crippen LogP contribution in [0, 0.1) is 18.8 Å². The zero-order chi connectivity index (χ0) is 13.0. The molecule has 18 heavy (non-hydrogen) atoms. The second-order valence-electron chi connectivity index (χ2n) is 5.46. The predicted octanol–water partition coefficient (Wildman–Crippen LogP) is 3.71. The van der Waals surface area contributed by atoms with Crippen molar-refractivity contribution in [2.75, 3.05) is 6.54 Å². The summed E-state index contributed by atoms with van der Waals surface area (Å²) in [6.07, 6.45) is 6.86. The number of rotatable bonds is 5. The molecule has 0 bridgehead atoms. The van der Waals surface area contributed by atoms with E-state index in [2.05, 4.69) is 35.7 Å². The fourth-order valence-corrected chi connectivity index (χ4v) is 4.04. The molecule has 1 heterocycles. The lowest BCUT2D eigenvalue weighted by Crippen LogP contribution is -2.31. The van der Waals surface area contributed by atoms with Crippen LogP contribution in [0.5, 0.6) is 0 Å². The summed E-state index contributed by atoms with van der Waals surface area (Å²) >= 11 is 1.58. The van der Waals surface area contributed by atoms with Gasteiger partial charge in [-0.15, -0.1) is 5.10 Å². The van der Waals surface area contributed by atoms with Crippen LogP contribution >= 0.6 is 11.5 Å². The predicted molar refractivity (Wildman–Crippen MR) is 76.8 cm³/mol. The molecule has 0 spiro atoms. The summed E-state index contributed by atoms with van der Waals surface area (Å²) in [6, 6.07) is 0.476. The maximum absolute atomic E-state index is 4.18. The van der Waals surface area contributed by atoms with Crippen LogP contribution in [0.25, 0.3) is 0 Å². The van der Waals surface area contributed by atoms with Crippen molar-refractivity contribution in [2.24, 2.45) is 11.8 Å². The molecule has 1 fully saturated rings. The SMILES string of the molecule is CCNC(c1snnc1C)C1CCCC(CC)C1. The maximum Gasteiger partial charge on any atom is 0.0772 e. The van der Waals surface area contributed by atoms with Crippen molar-refractivity contribution in [3.8, 4) is 0 Å². The Morgan fingerprint density at radius 2 is 2.22 bits per heavy atom. The molecule has 3 unspecified atom stereocenters. The molecule has 102 valence electrons. The summed E-state index contributed by atoms with van der Waals surface area (Å²) in [7, 11) is 0. The summed E-state index contributed by atoms with van der Waals surface area (Å²) in [5.41, 5.74) is 1.12. The van der Waals surface area contributed by atoms with E-state index >= 15 is 0 Å². The van der Waals surface area contributed by atoms with Crippen molar-refractivity contribution >= 4 is 11.5 Å². The highest BCUT2D eigenvalue weighted by Crippen LogP contribution is 2.39. The molecule has 2 rings (SSSR count). The molecule has 1 saturated carbocycles. The Balaban J connectivity index is 2.12. The third-order valence-electron chi connectivity index (χ3n) is 4.27. The molecule has 0 aromatic carbocycles. The van der Waals surface area contributed by atoms with Gasteiger partial charge in [-0.25, -0.2) is 0 Å². The minimum Gasteiger partial charge on any atom is -0.309 e. The van der Waals surface area contributed by atoms with E-state index in [1.54, 1.807) is 11.5 Å². The van der Waals surface area contributed by atoms with Crippen molar-refractivity contribution in [2.45, 2.75) is 58.9 Å². The number of hydrogen-bond acceptors (Lipinski definition) is 4.